The van der Waals surface area contributed by atoms with Gasteiger partial charge in [-0.2, -0.15) is 0 Å². The third-order valence-electron chi connectivity index (χ3n) is 5.42. The van der Waals surface area contributed by atoms with Crippen LogP contribution in [0.4, 0.5) is 0 Å². The van der Waals surface area contributed by atoms with Crippen LogP contribution in [0.1, 0.15) is 57.1 Å². The standard InChI is InChI=1S/C20H30N2O2/c1-20(2,3)17-7-5-4-6-16(17)14-8-10-22(11-9-14)19(24)18-12-15(23)13-21-18/h4-7,14-15,18,21,23H,8-13H2,1-3H3/t15-,18?/m1/s1. The predicted octanol–water partition coefficient (Wildman–Crippen LogP) is 2.41. The molecule has 0 bridgehead atoms. The minimum Gasteiger partial charge on any atom is -0.392 e. The Hall–Kier alpha value is -1.39. The molecule has 2 saturated heterocycles. The highest BCUT2D eigenvalue weighted by molar-refractivity contribution is 5.82. The minimum absolute atomic E-state index is 0.146. The number of nitrogens with one attached hydrogen (secondary N) is 1. The third kappa shape index (κ3) is 3.65. The highest BCUT2D eigenvalue weighted by atomic mass is 16.3. The summed E-state index contributed by atoms with van der Waals surface area (Å²) < 4.78 is 0. The smallest absolute Gasteiger partial charge is 0.239 e. The summed E-state index contributed by atoms with van der Waals surface area (Å²) in [4.78, 5) is 14.5. The van der Waals surface area contributed by atoms with Crippen LogP contribution < -0.4 is 5.32 Å². The molecular weight excluding hydrogens is 300 g/mol. The minimum atomic E-state index is -0.379. The quantitative estimate of drug-likeness (QED) is 0.875. The van der Waals surface area contributed by atoms with Crippen molar-refractivity contribution in [1.29, 1.82) is 0 Å². The van der Waals surface area contributed by atoms with Crippen molar-refractivity contribution >= 4 is 5.91 Å². The molecular formula is C20H30N2O2. The summed E-state index contributed by atoms with van der Waals surface area (Å²) in [6.45, 7) is 8.96. The second-order valence-electron chi connectivity index (χ2n) is 8.29. The molecule has 0 aromatic heterocycles. The molecule has 132 valence electrons. The first kappa shape index (κ1) is 17.4. The van der Waals surface area contributed by atoms with Gasteiger partial charge in [0.05, 0.1) is 12.1 Å². The summed E-state index contributed by atoms with van der Waals surface area (Å²) in [6, 6.07) is 8.57. The van der Waals surface area contributed by atoms with E-state index >= 15 is 0 Å². The summed E-state index contributed by atoms with van der Waals surface area (Å²) in [6.07, 6.45) is 2.21. The van der Waals surface area contributed by atoms with E-state index in [1.165, 1.54) is 11.1 Å². The van der Waals surface area contributed by atoms with Crippen LogP contribution in [0.25, 0.3) is 0 Å². The maximum atomic E-state index is 12.6. The number of carbonyl (C=O) groups is 1. The Morgan fingerprint density at radius 2 is 1.88 bits per heavy atom. The molecule has 2 atom stereocenters. The van der Waals surface area contributed by atoms with E-state index < -0.39 is 0 Å². The van der Waals surface area contributed by atoms with Crippen LogP contribution in [0.3, 0.4) is 0 Å². The Morgan fingerprint density at radius 1 is 1.21 bits per heavy atom. The third-order valence-corrected chi connectivity index (χ3v) is 5.42. The van der Waals surface area contributed by atoms with E-state index in [1.54, 1.807) is 0 Å². The molecule has 2 aliphatic heterocycles. The zero-order chi connectivity index (χ0) is 17.3. The molecule has 2 aliphatic rings. The first-order valence-electron chi connectivity index (χ1n) is 9.16. The van der Waals surface area contributed by atoms with Gasteiger partial charge in [0, 0.05) is 19.6 Å². The normalized spacial score (nSPS) is 25.9. The summed E-state index contributed by atoms with van der Waals surface area (Å²) in [5, 5.41) is 12.7. The number of hydrogen-bond acceptors (Lipinski definition) is 3. The highest BCUT2D eigenvalue weighted by Gasteiger charge is 2.34. The largest absolute Gasteiger partial charge is 0.392 e. The zero-order valence-corrected chi connectivity index (χ0v) is 15.1. The Kier molecular flexibility index (Phi) is 4.97. The zero-order valence-electron chi connectivity index (χ0n) is 15.1. The van der Waals surface area contributed by atoms with Crippen LogP contribution in [0.15, 0.2) is 24.3 Å². The lowest BCUT2D eigenvalue weighted by molar-refractivity contribution is -0.134. The summed E-state index contributed by atoms with van der Waals surface area (Å²) in [5.41, 5.74) is 3.02. The van der Waals surface area contributed by atoms with Gasteiger partial charge in [-0.15, -0.1) is 0 Å². The molecule has 0 aliphatic carbocycles. The van der Waals surface area contributed by atoms with Gasteiger partial charge in [-0.05, 0) is 41.7 Å². The fourth-order valence-corrected chi connectivity index (χ4v) is 4.07. The van der Waals surface area contributed by atoms with Crippen molar-refractivity contribution in [2.45, 2.75) is 63.5 Å². The number of rotatable bonds is 2. The van der Waals surface area contributed by atoms with Crippen LogP contribution >= 0.6 is 0 Å². The molecule has 2 heterocycles. The number of benzene rings is 1. The van der Waals surface area contributed by atoms with Crippen molar-refractivity contribution in [2.24, 2.45) is 0 Å². The lowest BCUT2D eigenvalue weighted by Crippen LogP contribution is -2.46. The Labute approximate surface area is 145 Å². The first-order chi connectivity index (χ1) is 11.4. The summed E-state index contributed by atoms with van der Waals surface area (Å²) >= 11 is 0. The maximum Gasteiger partial charge on any atom is 0.239 e. The van der Waals surface area contributed by atoms with Crippen LogP contribution in [0.5, 0.6) is 0 Å². The average Bonchev–Trinajstić information content (AvgIpc) is 3.00. The molecule has 24 heavy (non-hydrogen) atoms. The molecule has 2 N–H and O–H groups in total. The van der Waals surface area contributed by atoms with E-state index in [-0.39, 0.29) is 23.5 Å². The van der Waals surface area contributed by atoms with Gasteiger partial charge in [0.2, 0.25) is 5.91 Å². The molecule has 1 aromatic rings. The number of hydrogen-bond donors (Lipinski definition) is 2. The van der Waals surface area contributed by atoms with Crippen LogP contribution in [0, 0.1) is 0 Å². The number of aliphatic hydroxyl groups excluding tert-OH is 1. The van der Waals surface area contributed by atoms with Gasteiger partial charge in [0.15, 0.2) is 0 Å². The van der Waals surface area contributed by atoms with Crippen molar-refractivity contribution < 1.29 is 9.90 Å². The summed E-state index contributed by atoms with van der Waals surface area (Å²) in [7, 11) is 0. The van der Waals surface area contributed by atoms with E-state index in [1.807, 2.05) is 4.90 Å². The second-order valence-corrected chi connectivity index (χ2v) is 8.29. The van der Waals surface area contributed by atoms with E-state index in [0.29, 0.717) is 18.9 Å². The Balaban J connectivity index is 1.65. The van der Waals surface area contributed by atoms with Crippen LogP contribution in [-0.2, 0) is 10.2 Å². The molecule has 3 rings (SSSR count). The Bertz CT molecular complexity index is 586. The van der Waals surface area contributed by atoms with Crippen molar-refractivity contribution in [3.05, 3.63) is 35.4 Å². The number of β-amino-alcohol motifs (C(OH)–C–C–N with tert-alkyl or cyclic N) is 1. The molecule has 0 radical (unpaired) electrons. The van der Waals surface area contributed by atoms with Crippen molar-refractivity contribution in [3.8, 4) is 0 Å². The topological polar surface area (TPSA) is 52.6 Å². The van der Waals surface area contributed by atoms with Gasteiger partial charge >= 0.3 is 0 Å². The van der Waals surface area contributed by atoms with Crippen LogP contribution in [0.2, 0.25) is 0 Å². The number of carbonyl (C=O) groups excluding carboxylic acids is 1. The molecule has 4 heteroatoms. The lowest BCUT2D eigenvalue weighted by atomic mass is 9.77. The summed E-state index contributed by atoms with van der Waals surface area (Å²) in [5.74, 6) is 0.695. The SMILES string of the molecule is CC(C)(C)c1ccccc1C1CCN(C(=O)C2C[C@@H](O)CN2)CC1. The molecule has 4 nitrogen and oxygen atoms in total. The number of piperidine rings is 1. The van der Waals surface area contributed by atoms with Gasteiger partial charge in [0.25, 0.3) is 0 Å². The van der Waals surface area contributed by atoms with Gasteiger partial charge in [-0.25, -0.2) is 0 Å². The number of amides is 1. The van der Waals surface area contributed by atoms with Gasteiger partial charge in [-0.3, -0.25) is 4.79 Å². The highest BCUT2D eigenvalue weighted by Crippen LogP contribution is 2.35. The number of likely N-dealkylation sites (tertiary alicyclic amines) is 1. The van der Waals surface area contributed by atoms with Crippen molar-refractivity contribution in [1.82, 2.24) is 10.2 Å². The molecule has 0 spiro atoms. The molecule has 0 saturated carbocycles. The van der Waals surface area contributed by atoms with Crippen molar-refractivity contribution in [3.63, 3.8) is 0 Å². The molecule has 1 aromatic carbocycles. The molecule has 2 fully saturated rings. The average molecular weight is 330 g/mol. The van der Waals surface area contributed by atoms with Gasteiger partial charge in [0.1, 0.15) is 0 Å². The maximum absolute atomic E-state index is 12.6. The van der Waals surface area contributed by atoms with E-state index in [9.17, 15) is 9.90 Å². The van der Waals surface area contributed by atoms with E-state index in [0.717, 1.165) is 25.9 Å². The Morgan fingerprint density at radius 3 is 2.46 bits per heavy atom. The van der Waals surface area contributed by atoms with Crippen molar-refractivity contribution in [2.75, 3.05) is 19.6 Å². The van der Waals surface area contributed by atoms with Gasteiger partial charge < -0.3 is 15.3 Å². The van der Waals surface area contributed by atoms with E-state index in [2.05, 4.69) is 50.4 Å². The first-order valence-corrected chi connectivity index (χ1v) is 9.16. The fourth-order valence-electron chi connectivity index (χ4n) is 4.07. The number of aliphatic hydroxyl groups is 1. The predicted molar refractivity (Wildman–Crippen MR) is 96.1 cm³/mol. The fraction of sp³-hybridized carbons (Fsp3) is 0.650. The van der Waals surface area contributed by atoms with E-state index in [4.69, 9.17) is 0 Å². The lowest BCUT2D eigenvalue weighted by Gasteiger charge is -2.36. The number of nitrogens with zero attached hydrogens (tertiary/aromatic N) is 1. The molecule has 1 unspecified atom stereocenters. The second kappa shape index (κ2) is 6.85. The molecule has 1 amide bonds. The van der Waals surface area contributed by atoms with Gasteiger partial charge in [-0.1, -0.05) is 45.0 Å². The van der Waals surface area contributed by atoms with Crippen LogP contribution in [-0.4, -0.2) is 47.7 Å². The monoisotopic (exact) mass is 330 g/mol.